The van der Waals surface area contributed by atoms with Crippen LogP contribution in [0.3, 0.4) is 0 Å². The number of carbonyl (C=O) groups is 2. The number of nitrogens with zero attached hydrogens (tertiary/aromatic N) is 2. The first-order valence-corrected chi connectivity index (χ1v) is 13.3. The molecule has 2 aliphatic rings. The molecule has 0 spiro atoms. The van der Waals surface area contributed by atoms with Crippen molar-refractivity contribution >= 4 is 17.8 Å². The van der Waals surface area contributed by atoms with E-state index in [-0.39, 0.29) is 12.1 Å². The van der Waals surface area contributed by atoms with Crippen LogP contribution in [0.2, 0.25) is 0 Å². The molecule has 2 heterocycles. The summed E-state index contributed by atoms with van der Waals surface area (Å²) in [7, 11) is 0. The Morgan fingerprint density at radius 2 is 1.47 bits per heavy atom. The predicted octanol–water partition coefficient (Wildman–Crippen LogP) is 4.15. The normalized spacial score (nSPS) is 17.0. The van der Waals surface area contributed by atoms with Gasteiger partial charge >= 0.3 is 12.1 Å². The van der Waals surface area contributed by atoms with Crippen LogP contribution >= 0.6 is 0 Å². The molecular weight excluding hydrogens is 454 g/mol. The van der Waals surface area contributed by atoms with Gasteiger partial charge in [0.1, 0.15) is 6.10 Å². The Kier molecular flexibility index (Phi) is 9.99. The summed E-state index contributed by atoms with van der Waals surface area (Å²) >= 11 is 0. The van der Waals surface area contributed by atoms with Crippen LogP contribution in [0.25, 0.3) is 11.1 Å². The van der Waals surface area contributed by atoms with Crippen molar-refractivity contribution in [2.75, 3.05) is 57.7 Å². The number of benzene rings is 2. The molecule has 0 saturated carbocycles. The molecule has 36 heavy (non-hydrogen) atoms. The minimum atomic E-state index is -0.417. The molecule has 3 amide bonds. The quantitative estimate of drug-likeness (QED) is 0.433. The van der Waals surface area contributed by atoms with Crippen molar-refractivity contribution in [3.8, 4) is 11.1 Å². The van der Waals surface area contributed by atoms with Gasteiger partial charge in [-0.1, -0.05) is 48.5 Å². The van der Waals surface area contributed by atoms with Gasteiger partial charge < -0.3 is 25.2 Å². The second kappa shape index (κ2) is 13.8. The number of carbonyl (C=O) groups excluding carboxylic acids is 2. The molecule has 2 saturated heterocycles. The Morgan fingerprint density at radius 3 is 2.25 bits per heavy atom. The highest BCUT2D eigenvalue weighted by atomic mass is 16.6. The number of ether oxygens (including phenoxy) is 1. The molecule has 2 aliphatic heterocycles. The number of nitrogens with one attached hydrogen (secondary N) is 3. The van der Waals surface area contributed by atoms with Crippen LogP contribution in [0.4, 0.5) is 15.3 Å². The number of anilines is 1. The van der Waals surface area contributed by atoms with Crippen LogP contribution in [0.5, 0.6) is 0 Å². The summed E-state index contributed by atoms with van der Waals surface area (Å²) < 4.78 is 5.71. The van der Waals surface area contributed by atoms with Gasteiger partial charge in [0.25, 0.3) is 0 Å². The summed E-state index contributed by atoms with van der Waals surface area (Å²) in [6.45, 7) is 7.26. The van der Waals surface area contributed by atoms with E-state index in [1.54, 1.807) is 0 Å². The Bertz CT molecular complexity index is 957. The summed E-state index contributed by atoms with van der Waals surface area (Å²) in [6, 6.07) is 17.6. The summed E-state index contributed by atoms with van der Waals surface area (Å²) in [6.07, 6.45) is 4.65. The zero-order valence-electron chi connectivity index (χ0n) is 21.1. The third-order valence-electron chi connectivity index (χ3n) is 6.91. The number of rotatable bonds is 10. The largest absolute Gasteiger partial charge is 0.446 e. The molecule has 0 unspecified atom stereocenters. The zero-order chi connectivity index (χ0) is 25.0. The maximum atomic E-state index is 12.6. The monoisotopic (exact) mass is 493 g/mol. The molecule has 0 radical (unpaired) electrons. The van der Waals surface area contributed by atoms with Crippen molar-refractivity contribution in [2.24, 2.45) is 0 Å². The fraction of sp³-hybridized carbons (Fsp3) is 0.500. The van der Waals surface area contributed by atoms with Gasteiger partial charge in [-0.25, -0.2) is 9.59 Å². The lowest BCUT2D eigenvalue weighted by Crippen LogP contribution is -2.44. The second-order valence-corrected chi connectivity index (χ2v) is 9.57. The smallest absolute Gasteiger partial charge is 0.411 e. The summed E-state index contributed by atoms with van der Waals surface area (Å²) in [5.41, 5.74) is 2.76. The Labute approximate surface area is 214 Å². The van der Waals surface area contributed by atoms with E-state index in [1.807, 2.05) is 54.6 Å². The molecule has 0 atom stereocenters. The summed E-state index contributed by atoms with van der Waals surface area (Å²) in [4.78, 5) is 29.3. The fourth-order valence-electron chi connectivity index (χ4n) is 4.90. The Morgan fingerprint density at radius 1 is 0.806 bits per heavy atom. The molecule has 2 aromatic rings. The van der Waals surface area contributed by atoms with Crippen molar-refractivity contribution in [1.29, 1.82) is 0 Å². The lowest BCUT2D eigenvalue weighted by molar-refractivity contribution is 0.0594. The maximum absolute atomic E-state index is 12.6. The first-order valence-electron chi connectivity index (χ1n) is 13.3. The van der Waals surface area contributed by atoms with E-state index in [9.17, 15) is 9.59 Å². The van der Waals surface area contributed by atoms with E-state index >= 15 is 0 Å². The minimum absolute atomic E-state index is 0.0953. The average Bonchev–Trinajstić information content (AvgIpc) is 3.42. The molecule has 8 nitrogen and oxygen atoms in total. The topological polar surface area (TPSA) is 85.9 Å². The number of hydrogen-bond acceptors (Lipinski definition) is 5. The number of likely N-dealkylation sites (tertiary alicyclic amines) is 2. The van der Waals surface area contributed by atoms with Gasteiger partial charge in [0.15, 0.2) is 0 Å². The Balaban J connectivity index is 1.09. The van der Waals surface area contributed by atoms with Crippen LogP contribution in [0.1, 0.15) is 32.1 Å². The van der Waals surface area contributed by atoms with Crippen molar-refractivity contribution < 1.29 is 14.3 Å². The SMILES string of the molecule is O=C(NCCCN1CCCC1)NCCN1CCC(OC(=O)Nc2ccccc2-c2ccccc2)CC1. The lowest BCUT2D eigenvalue weighted by atomic mass is 10.0. The molecule has 194 valence electrons. The second-order valence-electron chi connectivity index (χ2n) is 9.57. The van der Waals surface area contributed by atoms with Crippen molar-refractivity contribution in [3.05, 3.63) is 54.6 Å². The van der Waals surface area contributed by atoms with E-state index in [1.165, 1.54) is 25.9 Å². The molecular formula is C28H39N5O3. The number of piperidine rings is 1. The van der Waals surface area contributed by atoms with Gasteiger partial charge in [-0.15, -0.1) is 0 Å². The highest BCUT2D eigenvalue weighted by Crippen LogP contribution is 2.28. The van der Waals surface area contributed by atoms with E-state index in [4.69, 9.17) is 4.74 Å². The van der Waals surface area contributed by atoms with Crippen molar-refractivity contribution in [2.45, 2.75) is 38.2 Å². The highest BCUT2D eigenvalue weighted by Gasteiger charge is 2.22. The lowest BCUT2D eigenvalue weighted by Gasteiger charge is -2.31. The zero-order valence-corrected chi connectivity index (χ0v) is 21.1. The third-order valence-corrected chi connectivity index (χ3v) is 6.91. The minimum Gasteiger partial charge on any atom is -0.446 e. The Hall–Kier alpha value is -3.10. The molecule has 0 bridgehead atoms. The van der Waals surface area contributed by atoms with Gasteiger partial charge in [0, 0.05) is 38.3 Å². The van der Waals surface area contributed by atoms with Crippen LogP contribution < -0.4 is 16.0 Å². The predicted molar refractivity (Wildman–Crippen MR) is 143 cm³/mol. The van der Waals surface area contributed by atoms with Gasteiger partial charge in [-0.05, 0) is 63.4 Å². The van der Waals surface area contributed by atoms with Crippen molar-refractivity contribution in [3.63, 3.8) is 0 Å². The highest BCUT2D eigenvalue weighted by molar-refractivity contribution is 5.91. The standard InChI is InChI=1S/C28H39N5O3/c34-27(29-15-8-19-32-17-6-7-18-32)30-16-22-33-20-13-24(14-21-33)36-28(35)31-26-12-5-4-11-25(26)23-9-2-1-3-10-23/h1-5,9-12,24H,6-8,13-22H2,(H,31,35)(H2,29,30,34). The van der Waals surface area contributed by atoms with Gasteiger partial charge in [0.05, 0.1) is 5.69 Å². The third kappa shape index (κ3) is 8.24. The van der Waals surface area contributed by atoms with Crippen LogP contribution in [0, 0.1) is 0 Å². The molecule has 2 aromatic carbocycles. The fourth-order valence-corrected chi connectivity index (χ4v) is 4.90. The van der Waals surface area contributed by atoms with Crippen LogP contribution in [-0.2, 0) is 4.74 Å². The molecule has 0 aliphatic carbocycles. The van der Waals surface area contributed by atoms with E-state index in [0.717, 1.165) is 62.3 Å². The molecule has 3 N–H and O–H groups in total. The van der Waals surface area contributed by atoms with E-state index in [0.29, 0.717) is 13.1 Å². The number of urea groups is 1. The van der Waals surface area contributed by atoms with Crippen LogP contribution in [-0.4, -0.2) is 80.4 Å². The van der Waals surface area contributed by atoms with E-state index < -0.39 is 6.09 Å². The number of amides is 3. The van der Waals surface area contributed by atoms with Crippen molar-refractivity contribution in [1.82, 2.24) is 20.4 Å². The van der Waals surface area contributed by atoms with Crippen LogP contribution in [0.15, 0.2) is 54.6 Å². The maximum Gasteiger partial charge on any atom is 0.411 e. The van der Waals surface area contributed by atoms with Gasteiger partial charge in [-0.2, -0.15) is 0 Å². The summed E-state index contributed by atoms with van der Waals surface area (Å²) in [5.74, 6) is 0. The van der Waals surface area contributed by atoms with Gasteiger partial charge in [-0.3, -0.25) is 5.32 Å². The van der Waals surface area contributed by atoms with Gasteiger partial charge in [0.2, 0.25) is 0 Å². The molecule has 0 aromatic heterocycles. The first kappa shape index (κ1) is 26.0. The first-order chi connectivity index (χ1) is 17.7. The molecule has 4 rings (SSSR count). The number of hydrogen-bond donors (Lipinski definition) is 3. The van der Waals surface area contributed by atoms with E-state index in [2.05, 4.69) is 25.8 Å². The molecule has 2 fully saturated rings. The number of para-hydroxylation sites is 1. The average molecular weight is 494 g/mol. The molecule has 8 heteroatoms. The summed E-state index contributed by atoms with van der Waals surface area (Å²) in [5, 5.41) is 8.81.